The lowest BCUT2D eigenvalue weighted by Crippen LogP contribution is -2.22. The van der Waals surface area contributed by atoms with Gasteiger partial charge >= 0.3 is 0 Å². The number of hydrogen-bond acceptors (Lipinski definition) is 5. The maximum atomic E-state index is 12.4. The number of rotatable bonds is 5. The fourth-order valence-electron chi connectivity index (χ4n) is 2.67. The number of fused-ring (bicyclic) bond motifs is 1. The monoisotopic (exact) mass is 359 g/mol. The van der Waals surface area contributed by atoms with Gasteiger partial charge in [0.2, 0.25) is 5.88 Å². The zero-order chi connectivity index (χ0) is 18.6. The molecular formula is C20H17N5O2. The Morgan fingerprint density at radius 3 is 2.81 bits per heavy atom. The molecule has 0 spiro atoms. The number of hydrogen-bond donors (Lipinski definition) is 1. The van der Waals surface area contributed by atoms with Crippen LogP contribution in [0.5, 0.6) is 11.6 Å². The van der Waals surface area contributed by atoms with Crippen LogP contribution in [-0.4, -0.2) is 25.5 Å². The molecule has 0 saturated carbocycles. The van der Waals surface area contributed by atoms with E-state index in [2.05, 4.69) is 20.4 Å². The predicted molar refractivity (Wildman–Crippen MR) is 99.6 cm³/mol. The lowest BCUT2D eigenvalue weighted by Gasteiger charge is -2.10. The van der Waals surface area contributed by atoms with Gasteiger partial charge in [0.15, 0.2) is 0 Å². The van der Waals surface area contributed by atoms with Crippen molar-refractivity contribution in [3.8, 4) is 11.6 Å². The molecule has 0 radical (unpaired) electrons. The average Bonchev–Trinajstić information content (AvgIpc) is 3.16. The fraction of sp³-hybridized carbons (Fsp3) is 0.100. The Morgan fingerprint density at radius 1 is 1.11 bits per heavy atom. The molecule has 0 aliphatic heterocycles. The molecule has 1 N–H and O–H groups in total. The molecule has 0 unspecified atom stereocenters. The molecule has 0 aliphatic rings. The molecule has 0 bridgehead atoms. The van der Waals surface area contributed by atoms with Crippen molar-refractivity contribution in [2.45, 2.75) is 13.5 Å². The van der Waals surface area contributed by atoms with Gasteiger partial charge in [-0.05, 0) is 30.7 Å². The van der Waals surface area contributed by atoms with Crippen molar-refractivity contribution >= 4 is 11.7 Å². The second-order valence-electron chi connectivity index (χ2n) is 6.01. The number of ether oxygens (including phenoxy) is 1. The summed E-state index contributed by atoms with van der Waals surface area (Å²) in [6.07, 6.45) is 1.42. The summed E-state index contributed by atoms with van der Waals surface area (Å²) in [5.74, 6) is 1.31. The van der Waals surface area contributed by atoms with Crippen molar-refractivity contribution in [3.05, 3.63) is 83.8 Å². The second kappa shape index (κ2) is 7.25. The fourth-order valence-corrected chi connectivity index (χ4v) is 2.67. The number of nitrogens with one attached hydrogen (secondary N) is 1. The molecule has 2 heterocycles. The zero-order valence-electron chi connectivity index (χ0n) is 14.7. The van der Waals surface area contributed by atoms with Gasteiger partial charge in [0.05, 0.1) is 0 Å². The van der Waals surface area contributed by atoms with Crippen molar-refractivity contribution in [1.29, 1.82) is 0 Å². The molecule has 134 valence electrons. The van der Waals surface area contributed by atoms with Crippen LogP contribution in [0.4, 0.5) is 0 Å². The summed E-state index contributed by atoms with van der Waals surface area (Å²) >= 11 is 0. The smallest absolute Gasteiger partial charge is 0.255 e. The molecule has 2 aromatic heterocycles. The van der Waals surface area contributed by atoms with Gasteiger partial charge < -0.3 is 10.1 Å². The normalized spacial score (nSPS) is 10.7. The van der Waals surface area contributed by atoms with Crippen LogP contribution in [-0.2, 0) is 6.54 Å². The molecule has 0 atom stereocenters. The third-order valence-corrected chi connectivity index (χ3v) is 3.96. The van der Waals surface area contributed by atoms with Crippen LogP contribution in [0.2, 0.25) is 0 Å². The highest BCUT2D eigenvalue weighted by Gasteiger charge is 2.10. The molecule has 2 aromatic carbocycles. The van der Waals surface area contributed by atoms with Crippen LogP contribution in [0.3, 0.4) is 0 Å². The first kappa shape index (κ1) is 16.7. The lowest BCUT2D eigenvalue weighted by molar-refractivity contribution is 0.0950. The number of benzene rings is 2. The Morgan fingerprint density at radius 2 is 1.96 bits per heavy atom. The Hall–Kier alpha value is -3.74. The van der Waals surface area contributed by atoms with Crippen LogP contribution in [0.1, 0.15) is 21.6 Å². The quantitative estimate of drug-likeness (QED) is 0.592. The van der Waals surface area contributed by atoms with Gasteiger partial charge in [-0.3, -0.25) is 4.79 Å². The number of aryl methyl sites for hydroxylation is 1. The molecule has 0 aliphatic carbocycles. The van der Waals surface area contributed by atoms with Gasteiger partial charge in [-0.1, -0.05) is 36.4 Å². The summed E-state index contributed by atoms with van der Waals surface area (Å²) in [5, 5.41) is 7.02. The number of carbonyl (C=O) groups excluding carboxylic acids is 1. The summed E-state index contributed by atoms with van der Waals surface area (Å²) in [7, 11) is 0. The SMILES string of the molecule is Cc1cc(Oc2cccc(C(=O)NCc3ccccc3)c2)n2ncnc2n1. The minimum absolute atomic E-state index is 0.166. The minimum atomic E-state index is -0.166. The third-order valence-electron chi connectivity index (χ3n) is 3.96. The number of amides is 1. The summed E-state index contributed by atoms with van der Waals surface area (Å²) in [6, 6.07) is 18.5. The first-order valence-electron chi connectivity index (χ1n) is 8.46. The van der Waals surface area contributed by atoms with Crippen molar-refractivity contribution in [1.82, 2.24) is 24.9 Å². The van der Waals surface area contributed by atoms with Gasteiger partial charge in [-0.2, -0.15) is 14.6 Å². The number of carbonyl (C=O) groups is 1. The molecule has 0 saturated heterocycles. The van der Waals surface area contributed by atoms with E-state index in [9.17, 15) is 4.79 Å². The minimum Gasteiger partial charge on any atom is -0.439 e. The molecule has 27 heavy (non-hydrogen) atoms. The Balaban J connectivity index is 1.52. The maximum Gasteiger partial charge on any atom is 0.255 e. The maximum absolute atomic E-state index is 12.4. The summed E-state index contributed by atoms with van der Waals surface area (Å²) in [6.45, 7) is 2.32. The van der Waals surface area contributed by atoms with E-state index in [1.807, 2.05) is 37.3 Å². The average molecular weight is 359 g/mol. The van der Waals surface area contributed by atoms with E-state index < -0.39 is 0 Å². The van der Waals surface area contributed by atoms with Crippen LogP contribution in [0.15, 0.2) is 67.0 Å². The summed E-state index contributed by atoms with van der Waals surface area (Å²) < 4.78 is 7.43. The molecule has 4 rings (SSSR count). The topological polar surface area (TPSA) is 81.4 Å². The number of aromatic nitrogens is 4. The standard InChI is InChI=1S/C20H17N5O2/c1-14-10-18(25-20(24-14)22-13-23-25)27-17-9-5-8-16(11-17)19(26)21-12-15-6-3-2-4-7-15/h2-11,13H,12H2,1H3,(H,21,26). The van der Waals surface area contributed by atoms with Gasteiger partial charge in [0, 0.05) is 23.9 Å². The predicted octanol–water partition coefficient (Wildman–Crippen LogP) is 3.16. The van der Waals surface area contributed by atoms with E-state index in [-0.39, 0.29) is 5.91 Å². The largest absolute Gasteiger partial charge is 0.439 e. The molecule has 7 heteroatoms. The summed E-state index contributed by atoms with van der Waals surface area (Å²) in [5.41, 5.74) is 2.32. The van der Waals surface area contributed by atoms with Gasteiger partial charge in [0.25, 0.3) is 11.7 Å². The van der Waals surface area contributed by atoms with E-state index in [1.54, 1.807) is 30.3 Å². The van der Waals surface area contributed by atoms with Gasteiger partial charge in [-0.25, -0.2) is 4.98 Å². The van der Waals surface area contributed by atoms with Crippen LogP contribution >= 0.6 is 0 Å². The molecule has 7 nitrogen and oxygen atoms in total. The van der Waals surface area contributed by atoms with E-state index in [0.717, 1.165) is 11.3 Å². The van der Waals surface area contributed by atoms with E-state index >= 15 is 0 Å². The highest BCUT2D eigenvalue weighted by molar-refractivity contribution is 5.94. The Kier molecular flexibility index (Phi) is 4.49. The van der Waals surface area contributed by atoms with E-state index in [0.29, 0.717) is 29.5 Å². The molecular weight excluding hydrogens is 342 g/mol. The van der Waals surface area contributed by atoms with E-state index in [4.69, 9.17) is 4.74 Å². The van der Waals surface area contributed by atoms with Crippen LogP contribution < -0.4 is 10.1 Å². The zero-order valence-corrected chi connectivity index (χ0v) is 14.7. The Labute approximate surface area is 155 Å². The third kappa shape index (κ3) is 3.77. The van der Waals surface area contributed by atoms with Crippen molar-refractivity contribution < 1.29 is 9.53 Å². The highest BCUT2D eigenvalue weighted by atomic mass is 16.5. The van der Waals surface area contributed by atoms with Crippen LogP contribution in [0.25, 0.3) is 5.78 Å². The Bertz CT molecular complexity index is 1090. The van der Waals surface area contributed by atoms with Crippen molar-refractivity contribution in [2.75, 3.05) is 0 Å². The van der Waals surface area contributed by atoms with Crippen molar-refractivity contribution in [2.24, 2.45) is 0 Å². The van der Waals surface area contributed by atoms with Crippen molar-refractivity contribution in [3.63, 3.8) is 0 Å². The highest BCUT2D eigenvalue weighted by Crippen LogP contribution is 2.23. The first-order chi connectivity index (χ1) is 13.2. The summed E-state index contributed by atoms with van der Waals surface area (Å²) in [4.78, 5) is 20.8. The second-order valence-corrected chi connectivity index (χ2v) is 6.01. The molecule has 0 fully saturated rings. The van der Waals surface area contributed by atoms with Gasteiger partial charge in [0.1, 0.15) is 12.1 Å². The lowest BCUT2D eigenvalue weighted by atomic mass is 10.2. The van der Waals surface area contributed by atoms with E-state index in [1.165, 1.54) is 10.8 Å². The van der Waals surface area contributed by atoms with Gasteiger partial charge in [-0.15, -0.1) is 0 Å². The molecule has 4 aromatic rings. The first-order valence-corrected chi connectivity index (χ1v) is 8.46. The number of nitrogens with zero attached hydrogens (tertiary/aromatic N) is 4. The molecule has 1 amide bonds. The van der Waals surface area contributed by atoms with Crippen LogP contribution in [0, 0.1) is 6.92 Å².